The molecule has 0 saturated carbocycles. The third kappa shape index (κ3) is 4.66. The molecule has 0 saturated heterocycles. The quantitative estimate of drug-likeness (QED) is 0.525. The van der Waals surface area contributed by atoms with E-state index in [-0.39, 0.29) is 5.69 Å². The first-order chi connectivity index (χ1) is 13.7. The number of alkyl halides is 2. The van der Waals surface area contributed by atoms with Crippen molar-refractivity contribution < 1.29 is 13.6 Å². The highest BCUT2D eigenvalue weighted by atomic mass is 35.5. The van der Waals surface area contributed by atoms with Crippen LogP contribution in [0.15, 0.2) is 55.1 Å². The van der Waals surface area contributed by atoms with Crippen molar-refractivity contribution in [3.8, 4) is 16.9 Å². The average molecular weight is 436 g/mol. The van der Waals surface area contributed by atoms with Crippen LogP contribution in [0.25, 0.3) is 23.0 Å². The minimum atomic E-state index is -3.05. The monoisotopic (exact) mass is 435 g/mol. The molecule has 0 aliphatic heterocycles. The maximum atomic E-state index is 13.2. The van der Waals surface area contributed by atoms with E-state index in [4.69, 9.17) is 23.2 Å². The second kappa shape index (κ2) is 8.35. The number of halogens is 4. The van der Waals surface area contributed by atoms with Crippen LogP contribution in [-0.4, -0.2) is 28.2 Å². The standard InChI is InChI=1S/C21H17Cl2F2N3O/c1-3-15-18(20(29)26-12-21(2,24)25)27-28(17-7-5-4-6-16(17)23)19(15)13-8-10-14(22)11-9-13/h3-11H,1,12H2,2H3,(H,26,29). The van der Waals surface area contributed by atoms with E-state index in [0.29, 0.717) is 32.6 Å². The summed E-state index contributed by atoms with van der Waals surface area (Å²) in [5.74, 6) is -3.78. The molecule has 1 N–H and O–H groups in total. The SMILES string of the molecule is C=Cc1c(C(=O)NCC(C)(F)F)nn(-c2ccccc2Cl)c1-c1ccc(Cl)cc1. The molecule has 150 valence electrons. The first kappa shape index (κ1) is 21.0. The molecule has 0 aliphatic carbocycles. The molecular formula is C21H17Cl2F2N3O. The van der Waals surface area contributed by atoms with Gasteiger partial charge in [-0.05, 0) is 24.3 Å². The van der Waals surface area contributed by atoms with Crippen LogP contribution >= 0.6 is 23.2 Å². The third-order valence-electron chi connectivity index (χ3n) is 4.10. The van der Waals surface area contributed by atoms with Gasteiger partial charge in [0.25, 0.3) is 11.8 Å². The van der Waals surface area contributed by atoms with Gasteiger partial charge < -0.3 is 5.32 Å². The first-order valence-electron chi connectivity index (χ1n) is 8.63. The van der Waals surface area contributed by atoms with E-state index in [2.05, 4.69) is 17.0 Å². The molecule has 8 heteroatoms. The van der Waals surface area contributed by atoms with E-state index < -0.39 is 18.4 Å². The maximum Gasteiger partial charge on any atom is 0.272 e. The molecule has 0 unspecified atom stereocenters. The topological polar surface area (TPSA) is 46.9 Å². The Hall–Kier alpha value is -2.70. The van der Waals surface area contributed by atoms with Gasteiger partial charge in [0.15, 0.2) is 5.69 Å². The molecule has 0 spiro atoms. The van der Waals surface area contributed by atoms with E-state index in [0.717, 1.165) is 6.92 Å². The van der Waals surface area contributed by atoms with Crippen LogP contribution in [-0.2, 0) is 0 Å². The second-order valence-corrected chi connectivity index (χ2v) is 7.28. The summed E-state index contributed by atoms with van der Waals surface area (Å²) >= 11 is 12.3. The molecule has 0 radical (unpaired) electrons. The van der Waals surface area contributed by atoms with Gasteiger partial charge in [0.05, 0.1) is 22.9 Å². The Bertz CT molecular complexity index is 1060. The fraction of sp³-hybridized carbons (Fsp3) is 0.143. The molecule has 1 aromatic heterocycles. The van der Waals surface area contributed by atoms with Gasteiger partial charge in [-0.25, -0.2) is 13.5 Å². The van der Waals surface area contributed by atoms with Crippen LogP contribution in [0.5, 0.6) is 0 Å². The lowest BCUT2D eigenvalue weighted by Gasteiger charge is -2.10. The summed E-state index contributed by atoms with van der Waals surface area (Å²) in [4.78, 5) is 12.6. The van der Waals surface area contributed by atoms with Crippen molar-refractivity contribution >= 4 is 35.2 Å². The van der Waals surface area contributed by atoms with E-state index >= 15 is 0 Å². The number of hydrogen-bond donors (Lipinski definition) is 1. The first-order valence-corrected chi connectivity index (χ1v) is 9.39. The molecule has 3 rings (SSSR count). The number of hydrogen-bond acceptors (Lipinski definition) is 2. The third-order valence-corrected chi connectivity index (χ3v) is 4.67. The summed E-state index contributed by atoms with van der Waals surface area (Å²) in [5, 5.41) is 7.55. The molecular weight excluding hydrogens is 419 g/mol. The summed E-state index contributed by atoms with van der Waals surface area (Å²) < 4.78 is 27.9. The smallest absolute Gasteiger partial charge is 0.272 e. The average Bonchev–Trinajstić information content (AvgIpc) is 3.06. The predicted molar refractivity (Wildman–Crippen MR) is 112 cm³/mol. The summed E-state index contributed by atoms with van der Waals surface area (Å²) in [7, 11) is 0. The number of carbonyl (C=O) groups is 1. The highest BCUT2D eigenvalue weighted by molar-refractivity contribution is 6.32. The number of carbonyl (C=O) groups excluding carboxylic acids is 1. The number of aromatic nitrogens is 2. The van der Waals surface area contributed by atoms with E-state index in [9.17, 15) is 13.6 Å². The lowest BCUT2D eigenvalue weighted by molar-refractivity contribution is 0.0220. The molecule has 1 heterocycles. The van der Waals surface area contributed by atoms with Crippen molar-refractivity contribution in [3.63, 3.8) is 0 Å². The zero-order valence-electron chi connectivity index (χ0n) is 15.4. The predicted octanol–water partition coefficient (Wildman–Crippen LogP) is 5.87. The van der Waals surface area contributed by atoms with Crippen LogP contribution in [0.2, 0.25) is 10.0 Å². The number of rotatable bonds is 6. The molecule has 1 amide bonds. The number of nitrogens with zero attached hydrogens (tertiary/aromatic N) is 2. The van der Waals surface area contributed by atoms with Crippen LogP contribution in [0, 0.1) is 0 Å². The van der Waals surface area contributed by atoms with Gasteiger partial charge >= 0.3 is 0 Å². The van der Waals surface area contributed by atoms with Crippen molar-refractivity contribution in [1.82, 2.24) is 15.1 Å². The van der Waals surface area contributed by atoms with Gasteiger partial charge in [0.1, 0.15) is 0 Å². The lowest BCUT2D eigenvalue weighted by Crippen LogP contribution is -2.35. The zero-order valence-corrected chi connectivity index (χ0v) is 16.9. The number of benzene rings is 2. The van der Waals surface area contributed by atoms with Crippen molar-refractivity contribution in [2.45, 2.75) is 12.8 Å². The molecule has 0 bridgehead atoms. The van der Waals surface area contributed by atoms with Crippen molar-refractivity contribution in [1.29, 1.82) is 0 Å². The summed E-state index contributed by atoms with van der Waals surface area (Å²) in [6, 6.07) is 13.9. The zero-order chi connectivity index (χ0) is 21.2. The highest BCUT2D eigenvalue weighted by Gasteiger charge is 2.27. The van der Waals surface area contributed by atoms with Crippen LogP contribution < -0.4 is 5.32 Å². The minimum Gasteiger partial charge on any atom is -0.345 e. The molecule has 3 aromatic rings. The number of para-hydroxylation sites is 1. The summed E-state index contributed by atoms with van der Waals surface area (Å²) in [6.45, 7) is 3.69. The molecule has 0 atom stereocenters. The fourth-order valence-corrected chi connectivity index (χ4v) is 3.14. The van der Waals surface area contributed by atoms with Gasteiger partial charge in [-0.15, -0.1) is 0 Å². The van der Waals surface area contributed by atoms with Gasteiger partial charge in [-0.2, -0.15) is 5.10 Å². The van der Waals surface area contributed by atoms with Gasteiger partial charge in [-0.3, -0.25) is 4.79 Å². The minimum absolute atomic E-state index is 0.0332. The van der Waals surface area contributed by atoms with Crippen LogP contribution in [0.3, 0.4) is 0 Å². The van der Waals surface area contributed by atoms with E-state index in [1.54, 1.807) is 48.5 Å². The number of amides is 1. The molecule has 0 fully saturated rings. The molecule has 0 aliphatic rings. The largest absolute Gasteiger partial charge is 0.345 e. The van der Waals surface area contributed by atoms with Crippen molar-refractivity contribution in [2.24, 2.45) is 0 Å². The van der Waals surface area contributed by atoms with Gasteiger partial charge in [-0.1, -0.05) is 60.1 Å². The lowest BCUT2D eigenvalue weighted by atomic mass is 10.0. The highest BCUT2D eigenvalue weighted by Crippen LogP contribution is 2.33. The van der Waals surface area contributed by atoms with Crippen molar-refractivity contribution in [2.75, 3.05) is 6.54 Å². The van der Waals surface area contributed by atoms with Crippen LogP contribution in [0.4, 0.5) is 8.78 Å². The van der Waals surface area contributed by atoms with Gasteiger partial charge in [0.2, 0.25) is 0 Å². The Morgan fingerprint density at radius 3 is 2.45 bits per heavy atom. The molecule has 4 nitrogen and oxygen atoms in total. The fourth-order valence-electron chi connectivity index (χ4n) is 2.79. The van der Waals surface area contributed by atoms with Crippen LogP contribution in [0.1, 0.15) is 23.0 Å². The van der Waals surface area contributed by atoms with E-state index in [1.165, 1.54) is 10.8 Å². The normalized spacial score (nSPS) is 11.3. The Morgan fingerprint density at radius 2 is 1.86 bits per heavy atom. The second-order valence-electron chi connectivity index (χ2n) is 6.44. The Labute approximate surface area is 176 Å². The Morgan fingerprint density at radius 1 is 1.21 bits per heavy atom. The van der Waals surface area contributed by atoms with Crippen molar-refractivity contribution in [3.05, 3.63) is 76.4 Å². The summed E-state index contributed by atoms with van der Waals surface area (Å²) in [5.41, 5.74) is 2.13. The maximum absolute atomic E-state index is 13.2. The molecule has 2 aromatic carbocycles. The molecule has 29 heavy (non-hydrogen) atoms. The van der Waals surface area contributed by atoms with Gasteiger partial charge in [0, 0.05) is 23.1 Å². The van der Waals surface area contributed by atoms with E-state index in [1.807, 2.05) is 0 Å². The number of nitrogens with one attached hydrogen (secondary N) is 1. The Balaban J connectivity index is 2.20. The summed E-state index contributed by atoms with van der Waals surface area (Å²) in [6.07, 6.45) is 1.46. The Kier molecular flexibility index (Phi) is 6.05.